The highest BCUT2D eigenvalue weighted by Gasteiger charge is 2.15. The van der Waals surface area contributed by atoms with Crippen LogP contribution in [0, 0.1) is 17.4 Å². The third-order valence-corrected chi connectivity index (χ3v) is 5.13. The van der Waals surface area contributed by atoms with E-state index in [9.17, 15) is 0 Å². The van der Waals surface area contributed by atoms with Gasteiger partial charge in [0.1, 0.15) is 0 Å². The molecule has 1 heterocycles. The summed E-state index contributed by atoms with van der Waals surface area (Å²) in [7, 11) is 0. The van der Waals surface area contributed by atoms with Gasteiger partial charge in [-0.3, -0.25) is 0 Å². The molecule has 0 fully saturated rings. The van der Waals surface area contributed by atoms with Gasteiger partial charge in [0.2, 0.25) is 0 Å². The van der Waals surface area contributed by atoms with E-state index < -0.39 is 0 Å². The van der Waals surface area contributed by atoms with E-state index in [1.807, 2.05) is 0 Å². The predicted octanol–water partition coefficient (Wildman–Crippen LogP) is 4.02. The number of aryl methyl sites for hydroxylation is 2. The van der Waals surface area contributed by atoms with Gasteiger partial charge in [0.25, 0.3) is 0 Å². The Morgan fingerprint density at radius 1 is 1.19 bits per heavy atom. The van der Waals surface area contributed by atoms with Gasteiger partial charge in [0.05, 0.1) is 6.04 Å². The fourth-order valence-corrected chi connectivity index (χ4v) is 3.24. The van der Waals surface area contributed by atoms with Gasteiger partial charge in [0, 0.05) is 8.45 Å². The minimum absolute atomic E-state index is 0.00181. The number of hydrogen-bond donors (Lipinski definition) is 1. The fraction of sp³-hybridized carbons (Fsp3) is 0.231. The van der Waals surface area contributed by atoms with Crippen LogP contribution in [0.25, 0.3) is 0 Å². The van der Waals surface area contributed by atoms with Crippen LogP contribution in [-0.2, 0) is 0 Å². The van der Waals surface area contributed by atoms with E-state index in [1.165, 1.54) is 25.1 Å². The maximum absolute atomic E-state index is 6.33. The zero-order valence-electron chi connectivity index (χ0n) is 9.33. The third-order valence-electron chi connectivity index (χ3n) is 2.79. The van der Waals surface area contributed by atoms with Crippen molar-refractivity contribution in [1.82, 2.24) is 0 Å². The summed E-state index contributed by atoms with van der Waals surface area (Å²) in [5, 5.41) is 2.10. The molecule has 1 atom stereocenters. The lowest BCUT2D eigenvalue weighted by molar-refractivity contribution is 0.861. The highest BCUT2D eigenvalue weighted by Crippen LogP contribution is 2.30. The molecule has 0 amide bonds. The Kier molecular flexibility index (Phi) is 3.66. The third kappa shape index (κ3) is 2.17. The topological polar surface area (TPSA) is 26.0 Å². The van der Waals surface area contributed by atoms with Gasteiger partial charge in [-0.15, -0.1) is 11.3 Å². The zero-order chi connectivity index (χ0) is 11.7. The van der Waals surface area contributed by atoms with Crippen molar-refractivity contribution in [3.05, 3.63) is 54.8 Å². The Labute approximate surface area is 114 Å². The monoisotopic (exact) mass is 343 g/mol. The molecule has 1 aromatic heterocycles. The smallest absolute Gasteiger partial charge is 0.0573 e. The van der Waals surface area contributed by atoms with Crippen LogP contribution in [0.1, 0.15) is 27.6 Å². The van der Waals surface area contributed by atoms with Crippen LogP contribution in [0.15, 0.2) is 29.6 Å². The van der Waals surface area contributed by atoms with E-state index in [0.717, 1.165) is 0 Å². The first-order chi connectivity index (χ1) is 7.61. The number of benzene rings is 1. The van der Waals surface area contributed by atoms with Gasteiger partial charge in [-0.25, -0.2) is 0 Å². The first kappa shape index (κ1) is 12.1. The van der Waals surface area contributed by atoms with E-state index in [4.69, 9.17) is 5.73 Å². The summed E-state index contributed by atoms with van der Waals surface area (Å²) < 4.78 is 1.28. The lowest BCUT2D eigenvalue weighted by Crippen LogP contribution is -2.13. The fourth-order valence-electron chi connectivity index (χ4n) is 1.80. The summed E-state index contributed by atoms with van der Waals surface area (Å²) in [5.74, 6) is 0. The molecule has 0 radical (unpaired) electrons. The van der Waals surface area contributed by atoms with Gasteiger partial charge < -0.3 is 5.73 Å². The van der Waals surface area contributed by atoms with Crippen molar-refractivity contribution in [3.8, 4) is 0 Å². The van der Waals surface area contributed by atoms with Crippen LogP contribution in [0.2, 0.25) is 0 Å². The highest BCUT2D eigenvalue weighted by atomic mass is 127. The Balaban J connectivity index is 2.46. The second-order valence-electron chi connectivity index (χ2n) is 3.89. The molecule has 0 spiro atoms. The molecular formula is C13H14INS. The van der Waals surface area contributed by atoms with Crippen LogP contribution in [0.3, 0.4) is 0 Å². The van der Waals surface area contributed by atoms with Crippen LogP contribution in [0.4, 0.5) is 0 Å². The molecule has 0 aliphatic rings. The molecule has 0 bridgehead atoms. The first-order valence-electron chi connectivity index (χ1n) is 5.16. The number of hydrogen-bond acceptors (Lipinski definition) is 2. The van der Waals surface area contributed by atoms with E-state index in [0.29, 0.717) is 0 Å². The minimum Gasteiger partial charge on any atom is -0.320 e. The van der Waals surface area contributed by atoms with Crippen molar-refractivity contribution in [2.45, 2.75) is 19.9 Å². The van der Waals surface area contributed by atoms with Crippen molar-refractivity contribution in [2.75, 3.05) is 0 Å². The summed E-state index contributed by atoms with van der Waals surface area (Å²) in [6.45, 7) is 4.25. The van der Waals surface area contributed by atoms with E-state index in [2.05, 4.69) is 66.1 Å². The molecule has 0 aliphatic heterocycles. The minimum atomic E-state index is -0.00181. The molecule has 1 aromatic carbocycles. The number of thiophene rings is 1. The number of rotatable bonds is 2. The molecule has 1 unspecified atom stereocenters. The van der Waals surface area contributed by atoms with Gasteiger partial charge in [0.15, 0.2) is 0 Å². The van der Waals surface area contributed by atoms with Crippen molar-refractivity contribution in [3.63, 3.8) is 0 Å². The zero-order valence-corrected chi connectivity index (χ0v) is 12.3. The Bertz CT molecular complexity index is 504. The predicted molar refractivity (Wildman–Crippen MR) is 79.0 cm³/mol. The van der Waals surface area contributed by atoms with Crippen molar-refractivity contribution in [1.29, 1.82) is 0 Å². The summed E-state index contributed by atoms with van der Waals surface area (Å²) in [6, 6.07) is 8.45. The lowest BCUT2D eigenvalue weighted by Gasteiger charge is -2.15. The van der Waals surface area contributed by atoms with Gasteiger partial charge in [-0.1, -0.05) is 18.2 Å². The summed E-state index contributed by atoms with van der Waals surface area (Å²) in [5.41, 5.74) is 10.1. The van der Waals surface area contributed by atoms with Gasteiger partial charge >= 0.3 is 0 Å². The Morgan fingerprint density at radius 2 is 1.94 bits per heavy atom. The van der Waals surface area contributed by atoms with Crippen LogP contribution < -0.4 is 5.73 Å². The normalized spacial score (nSPS) is 12.8. The van der Waals surface area contributed by atoms with Gasteiger partial charge in [-0.2, -0.15) is 0 Å². The highest BCUT2D eigenvalue weighted by molar-refractivity contribution is 14.1. The molecule has 3 heteroatoms. The van der Waals surface area contributed by atoms with E-state index in [-0.39, 0.29) is 6.04 Å². The largest absolute Gasteiger partial charge is 0.320 e. The Hall–Kier alpha value is -0.390. The SMILES string of the molecule is Cc1cccc(C(N)c2ccsc2C)c1I. The molecule has 1 nitrogen and oxygen atoms in total. The molecule has 0 saturated carbocycles. The second kappa shape index (κ2) is 4.85. The van der Waals surface area contributed by atoms with E-state index >= 15 is 0 Å². The molecule has 2 aromatic rings. The average molecular weight is 343 g/mol. The summed E-state index contributed by atoms with van der Waals surface area (Å²) in [6.07, 6.45) is 0. The van der Waals surface area contributed by atoms with Crippen LogP contribution >= 0.6 is 33.9 Å². The second-order valence-corrected chi connectivity index (χ2v) is 6.09. The molecular weight excluding hydrogens is 329 g/mol. The van der Waals surface area contributed by atoms with Crippen molar-refractivity contribution < 1.29 is 0 Å². The maximum Gasteiger partial charge on any atom is 0.0573 e. The first-order valence-corrected chi connectivity index (χ1v) is 7.11. The average Bonchev–Trinajstić information content (AvgIpc) is 2.68. The number of halogens is 1. The molecule has 2 N–H and O–H groups in total. The summed E-state index contributed by atoms with van der Waals surface area (Å²) >= 11 is 4.14. The molecule has 0 aliphatic carbocycles. The molecule has 0 saturated heterocycles. The van der Waals surface area contributed by atoms with Crippen LogP contribution in [-0.4, -0.2) is 0 Å². The quantitative estimate of drug-likeness (QED) is 0.819. The molecule has 84 valence electrons. The van der Waals surface area contributed by atoms with Gasteiger partial charge in [-0.05, 0) is 64.6 Å². The molecule has 16 heavy (non-hydrogen) atoms. The van der Waals surface area contributed by atoms with Crippen molar-refractivity contribution >= 4 is 33.9 Å². The maximum atomic E-state index is 6.33. The lowest BCUT2D eigenvalue weighted by atomic mass is 9.99. The van der Waals surface area contributed by atoms with Crippen LogP contribution in [0.5, 0.6) is 0 Å². The summed E-state index contributed by atoms with van der Waals surface area (Å²) in [4.78, 5) is 1.31. The number of nitrogens with two attached hydrogens (primary N) is 1. The molecule has 2 rings (SSSR count). The standard InChI is InChI=1S/C13H14INS/c1-8-4-3-5-11(12(8)14)13(15)10-6-7-16-9(10)2/h3-7,13H,15H2,1-2H3. The van der Waals surface area contributed by atoms with Crippen molar-refractivity contribution in [2.24, 2.45) is 5.73 Å². The van der Waals surface area contributed by atoms with E-state index in [1.54, 1.807) is 11.3 Å². The Morgan fingerprint density at radius 3 is 2.56 bits per heavy atom.